The minimum atomic E-state index is -0.0713. The zero-order chi connectivity index (χ0) is 13.4. The zero-order valence-electron chi connectivity index (χ0n) is 11.1. The van der Waals surface area contributed by atoms with E-state index in [1.807, 2.05) is 0 Å². The molecule has 2 atom stereocenters. The Kier molecular flexibility index (Phi) is 3.35. The molecule has 6 heteroatoms. The summed E-state index contributed by atoms with van der Waals surface area (Å²) in [5.41, 5.74) is 5.84. The van der Waals surface area contributed by atoms with Gasteiger partial charge in [-0.25, -0.2) is 4.98 Å². The minimum absolute atomic E-state index is 0.0713. The van der Waals surface area contributed by atoms with Gasteiger partial charge in [-0.15, -0.1) is 0 Å². The van der Waals surface area contributed by atoms with Crippen molar-refractivity contribution in [3.63, 3.8) is 0 Å². The van der Waals surface area contributed by atoms with Crippen LogP contribution in [0.4, 0.5) is 10.9 Å². The Labute approximate surface area is 117 Å². The molecule has 1 heterocycles. The van der Waals surface area contributed by atoms with Gasteiger partial charge in [-0.05, 0) is 38.0 Å². The SMILES string of the molecule is CC1CCC(NC(=O)c2sc(NC3CC3)nc2N)C1. The van der Waals surface area contributed by atoms with Gasteiger partial charge in [0.1, 0.15) is 10.7 Å². The van der Waals surface area contributed by atoms with Crippen molar-refractivity contribution >= 4 is 28.2 Å². The summed E-state index contributed by atoms with van der Waals surface area (Å²) in [7, 11) is 0. The van der Waals surface area contributed by atoms with E-state index in [1.165, 1.54) is 30.6 Å². The van der Waals surface area contributed by atoms with Crippen LogP contribution >= 0.6 is 11.3 Å². The van der Waals surface area contributed by atoms with Crippen molar-refractivity contribution in [2.45, 2.75) is 51.1 Å². The maximum Gasteiger partial charge on any atom is 0.265 e. The first kappa shape index (κ1) is 12.7. The van der Waals surface area contributed by atoms with Gasteiger partial charge in [-0.2, -0.15) is 0 Å². The Morgan fingerprint density at radius 1 is 1.32 bits per heavy atom. The van der Waals surface area contributed by atoms with Gasteiger partial charge in [0.15, 0.2) is 5.13 Å². The van der Waals surface area contributed by atoms with Crippen LogP contribution in [0, 0.1) is 5.92 Å². The van der Waals surface area contributed by atoms with E-state index >= 15 is 0 Å². The Morgan fingerprint density at radius 3 is 2.68 bits per heavy atom. The van der Waals surface area contributed by atoms with Crippen molar-refractivity contribution in [1.82, 2.24) is 10.3 Å². The van der Waals surface area contributed by atoms with Gasteiger partial charge in [0, 0.05) is 12.1 Å². The van der Waals surface area contributed by atoms with E-state index in [9.17, 15) is 4.79 Å². The lowest BCUT2D eigenvalue weighted by atomic mass is 10.1. The summed E-state index contributed by atoms with van der Waals surface area (Å²) in [5, 5.41) is 7.12. The number of nitrogens with one attached hydrogen (secondary N) is 2. The molecule has 2 saturated carbocycles. The standard InChI is InChI=1S/C13H20N4OS/c1-7-2-3-9(6-7)15-12(18)10-11(14)17-13(19-10)16-8-4-5-8/h7-9H,2-6,14H2,1H3,(H,15,18)(H,16,17). The van der Waals surface area contributed by atoms with E-state index in [1.54, 1.807) is 0 Å². The molecule has 5 nitrogen and oxygen atoms in total. The normalized spacial score (nSPS) is 26.4. The van der Waals surface area contributed by atoms with Crippen LogP contribution in [0.2, 0.25) is 0 Å². The van der Waals surface area contributed by atoms with Crippen LogP contribution in [0.3, 0.4) is 0 Å². The fourth-order valence-electron chi connectivity index (χ4n) is 2.55. The highest BCUT2D eigenvalue weighted by molar-refractivity contribution is 7.18. The average Bonchev–Trinajstić information content (AvgIpc) is 2.95. The van der Waals surface area contributed by atoms with Gasteiger partial charge in [-0.3, -0.25) is 4.79 Å². The molecule has 0 aliphatic heterocycles. The van der Waals surface area contributed by atoms with Crippen molar-refractivity contribution in [2.24, 2.45) is 5.92 Å². The third-order valence-corrected chi connectivity index (χ3v) is 4.80. The molecule has 4 N–H and O–H groups in total. The van der Waals surface area contributed by atoms with Gasteiger partial charge in [0.2, 0.25) is 0 Å². The summed E-state index contributed by atoms with van der Waals surface area (Å²) in [4.78, 5) is 17.0. The first-order valence-corrected chi connectivity index (χ1v) is 7.77. The fraction of sp³-hybridized carbons (Fsp3) is 0.692. The number of hydrogen-bond acceptors (Lipinski definition) is 5. The summed E-state index contributed by atoms with van der Waals surface area (Å²) in [6, 6.07) is 0.820. The number of anilines is 2. The number of nitrogen functional groups attached to an aromatic ring is 1. The van der Waals surface area contributed by atoms with Crippen molar-refractivity contribution < 1.29 is 4.79 Å². The van der Waals surface area contributed by atoms with Gasteiger partial charge < -0.3 is 16.4 Å². The van der Waals surface area contributed by atoms with Gasteiger partial charge >= 0.3 is 0 Å². The number of amides is 1. The predicted molar refractivity (Wildman–Crippen MR) is 77.4 cm³/mol. The van der Waals surface area contributed by atoms with Gasteiger partial charge in [0.05, 0.1) is 0 Å². The molecule has 0 aromatic carbocycles. The third kappa shape index (κ3) is 3.00. The molecule has 2 unspecified atom stereocenters. The number of carbonyl (C=O) groups excluding carboxylic acids is 1. The minimum Gasteiger partial charge on any atom is -0.382 e. The molecule has 0 bridgehead atoms. The van der Waals surface area contributed by atoms with Crippen molar-refractivity contribution in [1.29, 1.82) is 0 Å². The lowest BCUT2D eigenvalue weighted by Crippen LogP contribution is -2.32. The Hall–Kier alpha value is -1.30. The maximum atomic E-state index is 12.2. The van der Waals surface area contributed by atoms with Gasteiger partial charge in [0.25, 0.3) is 5.91 Å². The maximum absolute atomic E-state index is 12.2. The molecule has 0 saturated heterocycles. The molecule has 2 aliphatic carbocycles. The van der Waals surface area contributed by atoms with Crippen LogP contribution in [-0.4, -0.2) is 23.0 Å². The Morgan fingerprint density at radius 2 is 2.05 bits per heavy atom. The summed E-state index contributed by atoms with van der Waals surface area (Å²) in [6.45, 7) is 2.23. The van der Waals surface area contributed by atoms with Crippen LogP contribution in [0.1, 0.15) is 48.7 Å². The van der Waals surface area contributed by atoms with Gasteiger partial charge in [-0.1, -0.05) is 18.3 Å². The second-order valence-corrected chi connectivity index (χ2v) is 6.74. The second-order valence-electron chi connectivity index (χ2n) is 5.74. The number of carbonyl (C=O) groups is 1. The lowest BCUT2D eigenvalue weighted by Gasteiger charge is -2.11. The smallest absolute Gasteiger partial charge is 0.265 e. The molecule has 19 heavy (non-hydrogen) atoms. The summed E-state index contributed by atoms with van der Waals surface area (Å²) < 4.78 is 0. The van der Waals surface area contributed by atoms with E-state index in [-0.39, 0.29) is 5.91 Å². The molecule has 0 spiro atoms. The Balaban J connectivity index is 1.63. The van der Waals surface area contributed by atoms with Crippen molar-refractivity contribution in [3.05, 3.63) is 4.88 Å². The first-order chi connectivity index (χ1) is 9.11. The van der Waals surface area contributed by atoms with E-state index in [0.29, 0.717) is 28.7 Å². The molecule has 1 aromatic rings. The summed E-state index contributed by atoms with van der Waals surface area (Å²) >= 11 is 1.36. The number of hydrogen-bond donors (Lipinski definition) is 3. The monoisotopic (exact) mass is 280 g/mol. The highest BCUT2D eigenvalue weighted by Crippen LogP contribution is 2.31. The summed E-state index contributed by atoms with van der Waals surface area (Å²) in [6.07, 6.45) is 5.69. The number of nitrogens with zero attached hydrogens (tertiary/aromatic N) is 1. The van der Waals surface area contributed by atoms with E-state index in [4.69, 9.17) is 5.73 Å². The number of rotatable bonds is 4. The number of aromatic nitrogens is 1. The second kappa shape index (κ2) is 5.00. The van der Waals surface area contributed by atoms with Crippen LogP contribution < -0.4 is 16.4 Å². The Bertz CT molecular complexity index is 483. The molecular weight excluding hydrogens is 260 g/mol. The van der Waals surface area contributed by atoms with Crippen molar-refractivity contribution in [2.75, 3.05) is 11.1 Å². The highest BCUT2D eigenvalue weighted by Gasteiger charge is 2.27. The average molecular weight is 280 g/mol. The summed E-state index contributed by atoms with van der Waals surface area (Å²) in [5.74, 6) is 0.978. The molecule has 0 radical (unpaired) electrons. The molecule has 104 valence electrons. The largest absolute Gasteiger partial charge is 0.382 e. The predicted octanol–water partition coefficient (Wildman–Crippen LogP) is 2.22. The van der Waals surface area contributed by atoms with Crippen molar-refractivity contribution in [3.8, 4) is 0 Å². The van der Waals surface area contributed by atoms with E-state index in [2.05, 4.69) is 22.5 Å². The molecule has 2 fully saturated rings. The molecule has 3 rings (SSSR count). The number of thiazole rings is 1. The molecule has 1 aromatic heterocycles. The quantitative estimate of drug-likeness (QED) is 0.790. The van der Waals surface area contributed by atoms with Crippen LogP contribution in [0.5, 0.6) is 0 Å². The van der Waals surface area contributed by atoms with Crippen LogP contribution in [0.25, 0.3) is 0 Å². The number of nitrogens with two attached hydrogens (primary N) is 1. The molecular formula is C13H20N4OS. The van der Waals surface area contributed by atoms with Crippen LogP contribution in [0.15, 0.2) is 0 Å². The third-order valence-electron chi connectivity index (χ3n) is 3.79. The van der Waals surface area contributed by atoms with E-state index < -0.39 is 0 Å². The molecule has 2 aliphatic rings. The highest BCUT2D eigenvalue weighted by atomic mass is 32.1. The molecule has 1 amide bonds. The van der Waals surface area contributed by atoms with E-state index in [0.717, 1.165) is 18.0 Å². The first-order valence-electron chi connectivity index (χ1n) is 6.95. The lowest BCUT2D eigenvalue weighted by molar-refractivity contribution is 0.0942. The van der Waals surface area contributed by atoms with Crippen LogP contribution in [-0.2, 0) is 0 Å². The zero-order valence-corrected chi connectivity index (χ0v) is 11.9. The fourth-order valence-corrected chi connectivity index (χ4v) is 3.41. The topological polar surface area (TPSA) is 80.0 Å².